The minimum atomic E-state index is -0.0364. The van der Waals surface area contributed by atoms with E-state index < -0.39 is 0 Å². The van der Waals surface area contributed by atoms with Crippen LogP contribution < -0.4 is 20.1 Å². The van der Waals surface area contributed by atoms with E-state index in [1.807, 2.05) is 13.8 Å². The van der Waals surface area contributed by atoms with Crippen molar-refractivity contribution in [3.8, 4) is 11.5 Å². The lowest BCUT2D eigenvalue weighted by atomic mass is 9.99. The summed E-state index contributed by atoms with van der Waals surface area (Å²) in [6, 6.07) is 6.75. The number of carbonyl (C=O) groups excluding carboxylic acids is 1. The summed E-state index contributed by atoms with van der Waals surface area (Å²) < 4.78 is 11.0. The summed E-state index contributed by atoms with van der Waals surface area (Å²) in [5.41, 5.74) is 0.615. The average molecular weight is 355 g/mol. The Labute approximate surface area is 149 Å². The second kappa shape index (κ2) is 8.08. The van der Waals surface area contributed by atoms with E-state index in [1.54, 1.807) is 25.3 Å². The Morgan fingerprint density at radius 1 is 1.21 bits per heavy atom. The van der Waals surface area contributed by atoms with Crippen molar-refractivity contribution in [3.63, 3.8) is 0 Å². The molecule has 2 aliphatic rings. The molecule has 0 saturated carbocycles. The quantitative estimate of drug-likeness (QED) is 0.853. The van der Waals surface area contributed by atoms with Crippen LogP contribution in [-0.4, -0.2) is 37.2 Å². The molecule has 1 aromatic rings. The van der Waals surface area contributed by atoms with Crippen LogP contribution in [0.3, 0.4) is 0 Å². The van der Waals surface area contributed by atoms with Crippen LogP contribution in [0.5, 0.6) is 11.5 Å². The van der Waals surface area contributed by atoms with Crippen LogP contribution in [0.4, 0.5) is 0 Å². The van der Waals surface area contributed by atoms with Gasteiger partial charge in [0.25, 0.3) is 5.91 Å². The Kier molecular flexibility index (Phi) is 6.35. The van der Waals surface area contributed by atoms with Gasteiger partial charge < -0.3 is 20.1 Å². The number of fused-ring (bicyclic) bond motifs is 2. The number of nitrogens with one attached hydrogen (secondary N) is 2. The molecule has 3 rings (SSSR count). The molecule has 2 aliphatic heterocycles. The molecular formula is C18H27ClN2O3. The van der Waals surface area contributed by atoms with Gasteiger partial charge in [-0.05, 0) is 57.7 Å². The van der Waals surface area contributed by atoms with E-state index in [2.05, 4.69) is 10.6 Å². The number of methoxy groups -OCH3 is 1. The Balaban J connectivity index is 0.00000208. The van der Waals surface area contributed by atoms with Crippen LogP contribution in [-0.2, 0) is 0 Å². The molecule has 0 aliphatic carbocycles. The number of amides is 1. The van der Waals surface area contributed by atoms with Crippen molar-refractivity contribution >= 4 is 18.3 Å². The maximum atomic E-state index is 12.5. The lowest BCUT2D eigenvalue weighted by Gasteiger charge is -2.29. The lowest BCUT2D eigenvalue weighted by molar-refractivity contribution is 0.0923. The van der Waals surface area contributed by atoms with Gasteiger partial charge in [0.1, 0.15) is 0 Å². The smallest absolute Gasteiger partial charge is 0.251 e. The zero-order valence-electron chi connectivity index (χ0n) is 14.5. The Morgan fingerprint density at radius 2 is 1.88 bits per heavy atom. The van der Waals surface area contributed by atoms with E-state index in [0.717, 1.165) is 12.8 Å². The van der Waals surface area contributed by atoms with Crippen molar-refractivity contribution in [1.82, 2.24) is 10.6 Å². The molecule has 2 heterocycles. The normalized spacial score (nSPS) is 25.1. The molecule has 1 aromatic carbocycles. The highest BCUT2D eigenvalue weighted by Crippen LogP contribution is 2.30. The predicted octanol–water partition coefficient (Wildman–Crippen LogP) is 2.92. The summed E-state index contributed by atoms with van der Waals surface area (Å²) >= 11 is 0. The Morgan fingerprint density at radius 3 is 2.46 bits per heavy atom. The minimum Gasteiger partial charge on any atom is -0.493 e. The lowest BCUT2D eigenvalue weighted by Crippen LogP contribution is -2.48. The fraction of sp³-hybridized carbons (Fsp3) is 0.611. The highest BCUT2D eigenvalue weighted by Gasteiger charge is 2.34. The fourth-order valence-electron chi connectivity index (χ4n) is 3.60. The van der Waals surface area contributed by atoms with Gasteiger partial charge in [0, 0.05) is 23.7 Å². The SMILES string of the molecule is COc1cc(C(=O)NC2CC3CCC(C2)N3)ccc1OC(C)C.Cl. The summed E-state index contributed by atoms with van der Waals surface area (Å²) in [5.74, 6) is 1.22. The number of ether oxygens (including phenoxy) is 2. The third-order valence-electron chi connectivity index (χ3n) is 4.60. The van der Waals surface area contributed by atoms with Crippen molar-refractivity contribution in [1.29, 1.82) is 0 Å². The molecule has 0 radical (unpaired) electrons. The molecule has 2 unspecified atom stereocenters. The van der Waals surface area contributed by atoms with E-state index in [4.69, 9.17) is 9.47 Å². The zero-order chi connectivity index (χ0) is 16.4. The van der Waals surface area contributed by atoms with Gasteiger partial charge in [-0.1, -0.05) is 0 Å². The first-order valence-corrected chi connectivity index (χ1v) is 8.46. The third kappa shape index (κ3) is 4.33. The largest absolute Gasteiger partial charge is 0.493 e. The van der Waals surface area contributed by atoms with Crippen LogP contribution in [0.1, 0.15) is 49.9 Å². The van der Waals surface area contributed by atoms with Gasteiger partial charge in [-0.25, -0.2) is 0 Å². The standard InChI is InChI=1S/C18H26N2O3.ClH/c1-11(2)23-16-7-4-12(8-17(16)22-3)18(21)20-15-9-13-5-6-14(10-15)19-13;/h4,7-8,11,13-15,19H,5-6,9-10H2,1-3H3,(H,20,21);1H. The fourth-order valence-corrected chi connectivity index (χ4v) is 3.60. The highest BCUT2D eigenvalue weighted by molar-refractivity contribution is 5.95. The summed E-state index contributed by atoms with van der Waals surface area (Å²) in [6.07, 6.45) is 4.56. The molecule has 2 saturated heterocycles. The molecule has 2 bridgehead atoms. The van der Waals surface area contributed by atoms with Gasteiger partial charge in [0.05, 0.1) is 13.2 Å². The maximum Gasteiger partial charge on any atom is 0.251 e. The second-order valence-corrected chi connectivity index (χ2v) is 6.81. The van der Waals surface area contributed by atoms with E-state index in [0.29, 0.717) is 29.1 Å². The number of hydrogen-bond donors (Lipinski definition) is 2. The first-order chi connectivity index (χ1) is 11.0. The molecule has 5 nitrogen and oxygen atoms in total. The topological polar surface area (TPSA) is 59.6 Å². The molecule has 2 atom stereocenters. The van der Waals surface area contributed by atoms with Crippen molar-refractivity contribution < 1.29 is 14.3 Å². The summed E-state index contributed by atoms with van der Waals surface area (Å²) in [4.78, 5) is 12.5. The number of rotatable bonds is 5. The first-order valence-electron chi connectivity index (χ1n) is 8.46. The van der Waals surface area contributed by atoms with Crippen molar-refractivity contribution in [2.75, 3.05) is 7.11 Å². The van der Waals surface area contributed by atoms with Crippen LogP contribution in [0.25, 0.3) is 0 Å². The predicted molar refractivity (Wildman–Crippen MR) is 96.4 cm³/mol. The van der Waals surface area contributed by atoms with Crippen LogP contribution in [0.15, 0.2) is 18.2 Å². The molecule has 1 amide bonds. The number of hydrogen-bond acceptors (Lipinski definition) is 4. The van der Waals surface area contributed by atoms with Gasteiger partial charge in [-0.2, -0.15) is 0 Å². The van der Waals surface area contributed by atoms with Crippen molar-refractivity contribution in [3.05, 3.63) is 23.8 Å². The molecule has 134 valence electrons. The van der Waals surface area contributed by atoms with E-state index in [-0.39, 0.29) is 30.5 Å². The third-order valence-corrected chi connectivity index (χ3v) is 4.60. The molecule has 6 heteroatoms. The van der Waals surface area contributed by atoms with E-state index >= 15 is 0 Å². The van der Waals surface area contributed by atoms with E-state index in [9.17, 15) is 4.79 Å². The van der Waals surface area contributed by atoms with Gasteiger partial charge in [0.15, 0.2) is 11.5 Å². The summed E-state index contributed by atoms with van der Waals surface area (Å²) in [6.45, 7) is 3.93. The minimum absolute atomic E-state index is 0. The first kappa shape index (κ1) is 18.9. The van der Waals surface area contributed by atoms with Crippen molar-refractivity contribution in [2.24, 2.45) is 0 Å². The Hall–Kier alpha value is -1.46. The summed E-state index contributed by atoms with van der Waals surface area (Å²) in [5, 5.41) is 6.76. The Bertz CT molecular complexity index is 567. The van der Waals surface area contributed by atoms with Gasteiger partial charge in [-0.3, -0.25) is 4.79 Å². The number of piperidine rings is 1. The van der Waals surface area contributed by atoms with Crippen LogP contribution in [0.2, 0.25) is 0 Å². The molecule has 2 fully saturated rings. The van der Waals surface area contributed by atoms with Crippen LogP contribution >= 0.6 is 12.4 Å². The van der Waals surface area contributed by atoms with Gasteiger partial charge in [0.2, 0.25) is 0 Å². The number of benzene rings is 1. The van der Waals surface area contributed by atoms with Gasteiger partial charge in [-0.15, -0.1) is 12.4 Å². The maximum absolute atomic E-state index is 12.5. The number of halogens is 1. The number of carbonyl (C=O) groups is 1. The van der Waals surface area contributed by atoms with Gasteiger partial charge >= 0.3 is 0 Å². The molecule has 0 spiro atoms. The second-order valence-electron chi connectivity index (χ2n) is 6.81. The molecular weight excluding hydrogens is 328 g/mol. The van der Waals surface area contributed by atoms with Crippen LogP contribution in [0, 0.1) is 0 Å². The average Bonchev–Trinajstić information content (AvgIpc) is 2.85. The van der Waals surface area contributed by atoms with Crippen molar-refractivity contribution in [2.45, 2.75) is 63.8 Å². The molecule has 0 aromatic heterocycles. The zero-order valence-corrected chi connectivity index (χ0v) is 15.3. The molecule has 24 heavy (non-hydrogen) atoms. The monoisotopic (exact) mass is 354 g/mol. The van der Waals surface area contributed by atoms with E-state index in [1.165, 1.54) is 12.8 Å². The summed E-state index contributed by atoms with van der Waals surface area (Å²) in [7, 11) is 1.59. The molecule has 2 N–H and O–H groups in total. The highest BCUT2D eigenvalue weighted by atomic mass is 35.5.